The highest BCUT2D eigenvalue weighted by molar-refractivity contribution is 6.14. The van der Waals surface area contributed by atoms with Crippen molar-refractivity contribution in [2.24, 2.45) is 0 Å². The average molecular weight is 792 g/mol. The van der Waals surface area contributed by atoms with Crippen molar-refractivity contribution in [3.63, 3.8) is 0 Å². The summed E-state index contributed by atoms with van der Waals surface area (Å²) in [5.74, 6) is 0. The molecule has 0 N–H and O–H groups in total. The van der Waals surface area contributed by atoms with Crippen LogP contribution in [-0.2, 0) is 0 Å². The smallest absolute Gasteiger partial charge is 0.143 e. The van der Waals surface area contributed by atoms with E-state index in [2.05, 4.69) is 248 Å². The maximum atomic E-state index is 6.81. The molecule has 0 aliphatic rings. The molecule has 2 heteroatoms. The Hall–Kier alpha value is -8.20. The van der Waals surface area contributed by atoms with E-state index in [-0.39, 0.29) is 0 Å². The number of anilines is 3. The number of furan rings is 1. The molecule has 0 aliphatic heterocycles. The summed E-state index contributed by atoms with van der Waals surface area (Å²) in [7, 11) is 0. The van der Waals surface area contributed by atoms with E-state index in [4.69, 9.17) is 4.42 Å². The van der Waals surface area contributed by atoms with Gasteiger partial charge in [-0.15, -0.1) is 0 Å². The number of hydrogen-bond acceptors (Lipinski definition) is 2. The van der Waals surface area contributed by atoms with Crippen LogP contribution in [0.3, 0.4) is 0 Å². The Balaban J connectivity index is 1.08. The molecule has 2 nitrogen and oxygen atoms in total. The van der Waals surface area contributed by atoms with Gasteiger partial charge < -0.3 is 9.32 Å². The quantitative estimate of drug-likeness (QED) is 0.160. The Morgan fingerprint density at radius 2 is 0.823 bits per heavy atom. The van der Waals surface area contributed by atoms with E-state index >= 15 is 0 Å². The number of hydrogen-bond donors (Lipinski definition) is 0. The first-order chi connectivity index (χ1) is 30.7. The first-order valence-corrected chi connectivity index (χ1v) is 21.2. The summed E-state index contributed by atoms with van der Waals surface area (Å²) in [5.41, 5.74) is 14.2. The molecule has 0 radical (unpaired) electrons. The molecule has 0 atom stereocenters. The zero-order valence-electron chi connectivity index (χ0n) is 34.0. The number of rotatable bonds is 7. The lowest BCUT2D eigenvalue weighted by Gasteiger charge is -2.28. The molecule has 0 saturated carbocycles. The SMILES string of the molecule is c1ccccc2cc(N(c3ccc(-c4ccc(-c5ccccc5)c(-c5ccccc5)c4)cc3)c3ccccc3-c3cccc4c3oc3cc5ccccc5cc34)ccc2ccc1. The molecular weight excluding hydrogens is 751 g/mol. The fourth-order valence-electron chi connectivity index (χ4n) is 8.84. The summed E-state index contributed by atoms with van der Waals surface area (Å²) in [5, 5.41) is 6.88. The molecule has 1 heterocycles. The molecule has 0 spiro atoms. The third kappa shape index (κ3) is 6.94. The first-order valence-electron chi connectivity index (χ1n) is 21.2. The Kier molecular flexibility index (Phi) is 9.57. The minimum absolute atomic E-state index is 0.882. The molecule has 62 heavy (non-hydrogen) atoms. The Labute approximate surface area is 361 Å². The van der Waals surface area contributed by atoms with Crippen LogP contribution >= 0.6 is 0 Å². The lowest BCUT2D eigenvalue weighted by atomic mass is 9.91. The van der Waals surface area contributed by atoms with Crippen molar-refractivity contribution in [1.82, 2.24) is 0 Å². The van der Waals surface area contributed by atoms with Crippen molar-refractivity contribution in [1.29, 1.82) is 0 Å². The maximum absolute atomic E-state index is 6.81. The molecule has 10 aromatic carbocycles. The van der Waals surface area contributed by atoms with Gasteiger partial charge in [-0.2, -0.15) is 0 Å². The predicted molar refractivity (Wildman–Crippen MR) is 263 cm³/mol. The van der Waals surface area contributed by atoms with E-state index in [1.54, 1.807) is 0 Å². The van der Waals surface area contributed by atoms with Gasteiger partial charge in [0.25, 0.3) is 0 Å². The number of fused-ring (bicyclic) bond motifs is 5. The van der Waals surface area contributed by atoms with Crippen LogP contribution in [0.15, 0.2) is 253 Å². The second kappa shape index (κ2) is 16.1. The molecule has 292 valence electrons. The van der Waals surface area contributed by atoms with E-state index in [9.17, 15) is 0 Å². The second-order valence-electron chi connectivity index (χ2n) is 15.7. The van der Waals surface area contributed by atoms with Crippen LogP contribution in [0.25, 0.3) is 88.0 Å². The lowest BCUT2D eigenvalue weighted by Crippen LogP contribution is -2.11. The van der Waals surface area contributed by atoms with Crippen LogP contribution in [0.2, 0.25) is 0 Å². The van der Waals surface area contributed by atoms with Crippen LogP contribution in [0.1, 0.15) is 0 Å². The number of benzene rings is 9. The van der Waals surface area contributed by atoms with Gasteiger partial charge in [-0.3, -0.25) is 0 Å². The number of para-hydroxylation sites is 2. The normalized spacial score (nSPS) is 11.2. The largest absolute Gasteiger partial charge is 0.455 e. The zero-order chi connectivity index (χ0) is 41.2. The van der Waals surface area contributed by atoms with Gasteiger partial charge in [0, 0.05) is 33.3 Å². The topological polar surface area (TPSA) is 16.4 Å². The van der Waals surface area contributed by atoms with Gasteiger partial charge >= 0.3 is 0 Å². The van der Waals surface area contributed by atoms with E-state index in [0.717, 1.165) is 66.5 Å². The van der Waals surface area contributed by atoms with Crippen LogP contribution in [0.4, 0.5) is 17.1 Å². The van der Waals surface area contributed by atoms with Crippen molar-refractivity contribution < 1.29 is 4.42 Å². The summed E-state index contributed by atoms with van der Waals surface area (Å²) in [6, 6.07) is 88.9. The van der Waals surface area contributed by atoms with E-state index in [1.807, 2.05) is 6.07 Å². The summed E-state index contributed by atoms with van der Waals surface area (Å²) in [4.78, 5) is 2.38. The summed E-state index contributed by atoms with van der Waals surface area (Å²) >= 11 is 0. The van der Waals surface area contributed by atoms with Gasteiger partial charge in [0.2, 0.25) is 0 Å². The van der Waals surface area contributed by atoms with E-state index in [0.29, 0.717) is 0 Å². The molecule has 1 aromatic heterocycles. The van der Waals surface area contributed by atoms with Gasteiger partial charge in [-0.05, 0) is 103 Å². The van der Waals surface area contributed by atoms with E-state index in [1.165, 1.54) is 38.6 Å². The molecule has 0 unspecified atom stereocenters. The van der Waals surface area contributed by atoms with Crippen molar-refractivity contribution >= 4 is 60.5 Å². The van der Waals surface area contributed by atoms with Gasteiger partial charge in [-0.25, -0.2) is 0 Å². The molecule has 0 amide bonds. The second-order valence-corrected chi connectivity index (χ2v) is 15.7. The third-order valence-electron chi connectivity index (χ3n) is 11.9. The highest BCUT2D eigenvalue weighted by Gasteiger charge is 2.21. The molecule has 0 aliphatic carbocycles. The molecule has 11 aromatic rings. The monoisotopic (exact) mass is 791 g/mol. The first kappa shape index (κ1) is 36.8. The highest BCUT2D eigenvalue weighted by atomic mass is 16.3. The Morgan fingerprint density at radius 1 is 0.274 bits per heavy atom. The van der Waals surface area contributed by atoms with Gasteiger partial charge in [0.05, 0.1) is 5.69 Å². The van der Waals surface area contributed by atoms with Gasteiger partial charge in [0.15, 0.2) is 0 Å². The van der Waals surface area contributed by atoms with Crippen molar-refractivity contribution in [2.45, 2.75) is 0 Å². The molecule has 0 fully saturated rings. The fourth-order valence-corrected chi connectivity index (χ4v) is 8.84. The lowest BCUT2D eigenvalue weighted by molar-refractivity contribution is 0.670. The Bertz CT molecular complexity index is 3460. The summed E-state index contributed by atoms with van der Waals surface area (Å²) in [6.45, 7) is 0. The number of nitrogens with zero attached hydrogens (tertiary/aromatic N) is 1. The molecule has 0 saturated heterocycles. The van der Waals surface area contributed by atoms with Crippen molar-refractivity contribution in [3.05, 3.63) is 249 Å². The van der Waals surface area contributed by atoms with Crippen LogP contribution in [0.5, 0.6) is 0 Å². The van der Waals surface area contributed by atoms with Crippen LogP contribution in [0, 0.1) is 0 Å². The highest BCUT2D eigenvalue weighted by Crippen LogP contribution is 2.45. The van der Waals surface area contributed by atoms with Crippen molar-refractivity contribution in [2.75, 3.05) is 4.90 Å². The van der Waals surface area contributed by atoms with Crippen LogP contribution in [-0.4, -0.2) is 0 Å². The summed E-state index contributed by atoms with van der Waals surface area (Å²) in [6.07, 6.45) is 0. The Morgan fingerprint density at radius 3 is 1.58 bits per heavy atom. The maximum Gasteiger partial charge on any atom is 0.143 e. The average Bonchev–Trinajstić information content (AvgIpc) is 3.71. The van der Waals surface area contributed by atoms with Crippen LogP contribution < -0.4 is 4.90 Å². The minimum atomic E-state index is 0.882. The summed E-state index contributed by atoms with van der Waals surface area (Å²) < 4.78 is 6.81. The van der Waals surface area contributed by atoms with Crippen molar-refractivity contribution in [3.8, 4) is 44.5 Å². The molecule has 0 bridgehead atoms. The molecule has 11 rings (SSSR count). The molecular formula is C60H41NO. The predicted octanol–water partition coefficient (Wildman–Crippen LogP) is 17.2. The third-order valence-corrected chi connectivity index (χ3v) is 11.9. The van der Waals surface area contributed by atoms with Gasteiger partial charge in [0.1, 0.15) is 11.2 Å². The zero-order valence-corrected chi connectivity index (χ0v) is 34.0. The van der Waals surface area contributed by atoms with E-state index < -0.39 is 0 Å². The van der Waals surface area contributed by atoms with Gasteiger partial charge in [-0.1, -0.05) is 200 Å². The fraction of sp³-hybridized carbons (Fsp3) is 0. The minimum Gasteiger partial charge on any atom is -0.455 e. The standard InChI is InChI=1S/C60H41NO/c1-2-4-8-23-46-38-51(36-32-42(46)18-7-3-1)61(50-34-30-43(31-35-50)49-33-37-52(44-19-9-5-10-20-44)56(39-49)45-21-11-6-12-22-45)58-29-16-15-26-53(58)54-27-17-28-55-57-40-47-24-13-14-25-48(47)41-59(57)62-60(54)55/h1-41H.